The van der Waals surface area contributed by atoms with Crippen molar-refractivity contribution in [1.82, 2.24) is 9.55 Å². The van der Waals surface area contributed by atoms with E-state index in [2.05, 4.69) is 16.2 Å². The van der Waals surface area contributed by atoms with Gasteiger partial charge in [0.15, 0.2) is 5.84 Å². The predicted octanol–water partition coefficient (Wildman–Crippen LogP) is 5.08. The van der Waals surface area contributed by atoms with Crippen LogP contribution in [0.5, 0.6) is 0 Å². The molecular weight excluding hydrogens is 354 g/mol. The van der Waals surface area contributed by atoms with E-state index in [1.54, 1.807) is 24.3 Å². The molecule has 3 rings (SSSR count). The highest BCUT2D eigenvalue weighted by Gasteiger charge is 2.12. The number of nitrogens with zero attached hydrogens (tertiary/aromatic N) is 3. The molecular formula is C19H18ClN3OS. The van der Waals surface area contributed by atoms with Gasteiger partial charge in [-0.2, -0.15) is 0 Å². The van der Waals surface area contributed by atoms with Gasteiger partial charge in [-0.1, -0.05) is 41.0 Å². The highest BCUT2D eigenvalue weighted by molar-refractivity contribution is 7.98. The Kier molecular flexibility index (Phi) is 6.14. The molecule has 0 fully saturated rings. The topological polar surface area (TPSA) is 39.4 Å². The first-order valence-corrected chi connectivity index (χ1v) is 9.29. The molecule has 3 aromatic rings. The van der Waals surface area contributed by atoms with Gasteiger partial charge in [-0.3, -0.25) is 4.57 Å². The van der Waals surface area contributed by atoms with Crippen molar-refractivity contribution in [3.05, 3.63) is 83.4 Å². The maximum Gasteiger partial charge on any atom is 0.185 e. The molecule has 0 radical (unpaired) electrons. The van der Waals surface area contributed by atoms with E-state index < -0.39 is 0 Å². The second kappa shape index (κ2) is 8.74. The first-order valence-electron chi connectivity index (χ1n) is 7.93. The van der Waals surface area contributed by atoms with Crippen molar-refractivity contribution < 1.29 is 4.84 Å². The molecule has 0 saturated carbocycles. The van der Waals surface area contributed by atoms with E-state index in [0.29, 0.717) is 6.61 Å². The van der Waals surface area contributed by atoms with Crippen LogP contribution >= 0.6 is 23.4 Å². The molecule has 6 heteroatoms. The van der Waals surface area contributed by atoms with Crippen LogP contribution in [0.1, 0.15) is 18.1 Å². The number of imidazole rings is 1. The van der Waals surface area contributed by atoms with E-state index >= 15 is 0 Å². The van der Waals surface area contributed by atoms with Crippen molar-refractivity contribution in [2.45, 2.75) is 17.6 Å². The maximum atomic E-state index is 5.96. The summed E-state index contributed by atoms with van der Waals surface area (Å²) in [6.45, 7) is 2.43. The summed E-state index contributed by atoms with van der Waals surface area (Å²) in [5.74, 6) is 1.57. The number of hydrogen-bond acceptors (Lipinski definition) is 4. The zero-order valence-electron chi connectivity index (χ0n) is 13.8. The molecule has 0 atom stereocenters. The minimum atomic E-state index is 0.512. The summed E-state index contributed by atoms with van der Waals surface area (Å²) in [5, 5.41) is 5.04. The average Bonchev–Trinajstić information content (AvgIpc) is 3.17. The number of hydrogen-bond donors (Lipinski definition) is 0. The quantitative estimate of drug-likeness (QED) is 0.262. The largest absolute Gasteiger partial charge is 0.394 e. The van der Waals surface area contributed by atoms with Gasteiger partial charge >= 0.3 is 0 Å². The Morgan fingerprint density at radius 3 is 2.72 bits per heavy atom. The van der Waals surface area contributed by atoms with Crippen molar-refractivity contribution in [1.29, 1.82) is 0 Å². The van der Waals surface area contributed by atoms with E-state index in [4.69, 9.17) is 16.4 Å². The normalized spacial score (nSPS) is 11.5. The summed E-state index contributed by atoms with van der Waals surface area (Å²) in [4.78, 5) is 10.6. The van der Waals surface area contributed by atoms with Gasteiger partial charge in [0.25, 0.3) is 0 Å². The third-order valence-corrected chi connectivity index (χ3v) is 4.86. The average molecular weight is 372 g/mol. The fourth-order valence-electron chi connectivity index (χ4n) is 2.26. The van der Waals surface area contributed by atoms with Gasteiger partial charge in [0.05, 0.1) is 0 Å². The molecule has 128 valence electrons. The second-order valence-corrected chi connectivity index (χ2v) is 6.67. The Bertz CT molecular complexity index is 832. The van der Waals surface area contributed by atoms with Crippen LogP contribution in [0.3, 0.4) is 0 Å². The van der Waals surface area contributed by atoms with Crippen LogP contribution in [0.25, 0.3) is 0 Å². The Morgan fingerprint density at radius 2 is 2.00 bits per heavy atom. The lowest BCUT2D eigenvalue weighted by molar-refractivity contribution is 0.158. The van der Waals surface area contributed by atoms with E-state index in [1.807, 2.05) is 60.2 Å². The predicted molar refractivity (Wildman–Crippen MR) is 103 cm³/mol. The summed E-state index contributed by atoms with van der Waals surface area (Å²) in [5.41, 5.74) is 2.23. The molecule has 0 saturated heterocycles. The number of halogens is 1. The Balaban J connectivity index is 1.87. The minimum absolute atomic E-state index is 0.512. The lowest BCUT2D eigenvalue weighted by Gasteiger charge is -2.12. The molecule has 25 heavy (non-hydrogen) atoms. The van der Waals surface area contributed by atoms with Crippen LogP contribution in [0.2, 0.25) is 5.02 Å². The van der Waals surface area contributed by atoms with Crippen LogP contribution in [0.15, 0.2) is 77.3 Å². The molecule has 0 aliphatic heterocycles. The molecule has 0 aliphatic rings. The third kappa shape index (κ3) is 4.65. The maximum absolute atomic E-state index is 5.96. The summed E-state index contributed by atoms with van der Waals surface area (Å²) >= 11 is 7.71. The van der Waals surface area contributed by atoms with E-state index in [0.717, 1.165) is 27.1 Å². The standard InChI is InChI=1S/C19H18ClN3OS/c1-2-24-22-19(23-12-11-21-14-23)17-5-3-4-6-18(17)25-13-15-7-9-16(20)10-8-15/h3-12,14H,2,13H2,1H3. The number of rotatable bonds is 6. The smallest absolute Gasteiger partial charge is 0.185 e. The molecule has 0 N–H and O–H groups in total. The van der Waals surface area contributed by atoms with Crippen LogP contribution in [0, 0.1) is 0 Å². The summed E-state index contributed by atoms with van der Waals surface area (Å²) < 4.78 is 1.86. The molecule has 0 spiro atoms. The highest BCUT2D eigenvalue weighted by Crippen LogP contribution is 2.27. The molecule has 4 nitrogen and oxygen atoms in total. The third-order valence-electron chi connectivity index (χ3n) is 3.46. The Morgan fingerprint density at radius 1 is 1.20 bits per heavy atom. The number of oxime groups is 1. The first-order chi connectivity index (χ1) is 12.3. The van der Waals surface area contributed by atoms with Crippen LogP contribution in [-0.2, 0) is 10.6 Å². The van der Waals surface area contributed by atoms with E-state index in [-0.39, 0.29) is 0 Å². The van der Waals surface area contributed by atoms with Gasteiger partial charge in [-0.25, -0.2) is 4.98 Å². The number of aromatic nitrogens is 2. The van der Waals surface area contributed by atoms with Crippen LogP contribution < -0.4 is 0 Å². The minimum Gasteiger partial charge on any atom is -0.394 e. The molecule has 1 aromatic heterocycles. The first kappa shape index (κ1) is 17.6. The fourth-order valence-corrected chi connectivity index (χ4v) is 3.39. The summed E-state index contributed by atoms with van der Waals surface area (Å²) in [7, 11) is 0. The highest BCUT2D eigenvalue weighted by atomic mass is 35.5. The molecule has 1 heterocycles. The van der Waals surface area contributed by atoms with Crippen molar-refractivity contribution in [2.75, 3.05) is 6.61 Å². The molecule has 2 aromatic carbocycles. The monoisotopic (exact) mass is 371 g/mol. The Hall–Kier alpha value is -2.24. The van der Waals surface area contributed by atoms with Gasteiger partial charge in [0, 0.05) is 33.6 Å². The van der Waals surface area contributed by atoms with E-state index in [9.17, 15) is 0 Å². The lowest BCUT2D eigenvalue weighted by Crippen LogP contribution is -2.13. The summed E-state index contributed by atoms with van der Waals surface area (Å²) in [6.07, 6.45) is 5.31. The van der Waals surface area contributed by atoms with Crippen molar-refractivity contribution in [3.63, 3.8) is 0 Å². The number of thioether (sulfide) groups is 1. The van der Waals surface area contributed by atoms with Gasteiger partial charge in [-0.05, 0) is 36.8 Å². The number of benzene rings is 2. The van der Waals surface area contributed by atoms with Crippen LogP contribution in [-0.4, -0.2) is 22.0 Å². The van der Waals surface area contributed by atoms with Crippen LogP contribution in [0.4, 0.5) is 0 Å². The molecule has 0 bridgehead atoms. The molecule has 0 aliphatic carbocycles. The van der Waals surface area contributed by atoms with E-state index in [1.165, 1.54) is 5.56 Å². The van der Waals surface area contributed by atoms with Gasteiger partial charge in [-0.15, -0.1) is 11.8 Å². The molecule has 0 unspecified atom stereocenters. The molecule has 0 amide bonds. The summed E-state index contributed by atoms with van der Waals surface area (Å²) in [6, 6.07) is 16.1. The fraction of sp³-hybridized carbons (Fsp3) is 0.158. The van der Waals surface area contributed by atoms with Gasteiger partial charge in [0.1, 0.15) is 12.9 Å². The Labute approximate surface area is 156 Å². The van der Waals surface area contributed by atoms with Crippen molar-refractivity contribution in [2.24, 2.45) is 5.16 Å². The second-order valence-electron chi connectivity index (χ2n) is 5.21. The zero-order valence-corrected chi connectivity index (χ0v) is 15.4. The SMILES string of the molecule is CCON=C(c1ccccc1SCc1ccc(Cl)cc1)n1ccnc1. The zero-order chi connectivity index (χ0) is 17.5. The van der Waals surface area contributed by atoms with Gasteiger partial charge in [0.2, 0.25) is 0 Å². The lowest BCUT2D eigenvalue weighted by atomic mass is 10.2. The van der Waals surface area contributed by atoms with Crippen molar-refractivity contribution in [3.8, 4) is 0 Å². The van der Waals surface area contributed by atoms with Gasteiger partial charge < -0.3 is 4.84 Å². The van der Waals surface area contributed by atoms with Crippen molar-refractivity contribution >= 4 is 29.2 Å².